The van der Waals surface area contributed by atoms with Gasteiger partial charge in [-0.1, -0.05) is 42.5 Å². The summed E-state index contributed by atoms with van der Waals surface area (Å²) in [6.45, 7) is 2.67. The second kappa shape index (κ2) is 6.29. The highest BCUT2D eigenvalue weighted by Gasteiger charge is 2.12. The zero-order valence-electron chi connectivity index (χ0n) is 12.1. The van der Waals surface area contributed by atoms with Crippen molar-refractivity contribution in [2.24, 2.45) is 5.73 Å². The SMILES string of the molecule is C[C@@H](N)c1ccc2ccccc2c1OCCc1cccs1. The van der Waals surface area contributed by atoms with Gasteiger partial charge in [0.2, 0.25) is 0 Å². The maximum atomic E-state index is 6.11. The van der Waals surface area contributed by atoms with Crippen LogP contribution in [0.15, 0.2) is 53.9 Å². The van der Waals surface area contributed by atoms with Crippen molar-refractivity contribution in [3.05, 3.63) is 64.4 Å². The van der Waals surface area contributed by atoms with Gasteiger partial charge in [0.25, 0.3) is 0 Å². The van der Waals surface area contributed by atoms with Crippen molar-refractivity contribution in [1.82, 2.24) is 0 Å². The monoisotopic (exact) mass is 297 g/mol. The van der Waals surface area contributed by atoms with Crippen LogP contribution in [0.5, 0.6) is 5.75 Å². The molecule has 0 spiro atoms. The normalized spacial score (nSPS) is 12.5. The lowest BCUT2D eigenvalue weighted by atomic mass is 10.0. The van der Waals surface area contributed by atoms with Gasteiger partial charge in [-0.15, -0.1) is 11.3 Å². The first-order valence-corrected chi connectivity index (χ1v) is 8.06. The Balaban J connectivity index is 1.89. The molecule has 0 amide bonds. The number of fused-ring (bicyclic) bond motifs is 1. The molecule has 0 unspecified atom stereocenters. The number of thiophene rings is 1. The fourth-order valence-corrected chi connectivity index (χ4v) is 3.18. The maximum Gasteiger partial charge on any atom is 0.131 e. The van der Waals surface area contributed by atoms with E-state index in [0.717, 1.165) is 23.1 Å². The van der Waals surface area contributed by atoms with E-state index in [1.54, 1.807) is 11.3 Å². The van der Waals surface area contributed by atoms with Crippen molar-refractivity contribution in [2.75, 3.05) is 6.61 Å². The molecule has 2 nitrogen and oxygen atoms in total. The Morgan fingerprint density at radius 3 is 2.71 bits per heavy atom. The third kappa shape index (κ3) is 3.09. The summed E-state index contributed by atoms with van der Waals surface area (Å²) < 4.78 is 6.11. The molecule has 3 rings (SSSR count). The van der Waals surface area contributed by atoms with Crippen LogP contribution in [0.2, 0.25) is 0 Å². The average Bonchev–Trinajstić information content (AvgIpc) is 3.00. The number of hydrogen-bond acceptors (Lipinski definition) is 3. The van der Waals surface area contributed by atoms with Gasteiger partial charge in [0.05, 0.1) is 6.61 Å². The molecule has 0 fully saturated rings. The molecule has 1 aromatic heterocycles. The van der Waals surface area contributed by atoms with Crippen molar-refractivity contribution in [1.29, 1.82) is 0 Å². The summed E-state index contributed by atoms with van der Waals surface area (Å²) in [7, 11) is 0. The maximum absolute atomic E-state index is 6.11. The van der Waals surface area contributed by atoms with E-state index in [1.165, 1.54) is 10.3 Å². The molecule has 0 saturated carbocycles. The van der Waals surface area contributed by atoms with Gasteiger partial charge >= 0.3 is 0 Å². The largest absolute Gasteiger partial charge is 0.492 e. The Hall–Kier alpha value is -1.84. The summed E-state index contributed by atoms with van der Waals surface area (Å²) in [6.07, 6.45) is 0.930. The van der Waals surface area contributed by atoms with E-state index < -0.39 is 0 Å². The van der Waals surface area contributed by atoms with Crippen LogP contribution in [-0.4, -0.2) is 6.61 Å². The molecular formula is C18H19NOS. The first kappa shape index (κ1) is 14.1. The molecule has 1 atom stereocenters. The number of benzene rings is 2. The Bertz CT molecular complexity index is 719. The molecule has 2 aromatic carbocycles. The van der Waals surface area contributed by atoms with Crippen LogP contribution in [0.25, 0.3) is 10.8 Å². The van der Waals surface area contributed by atoms with Gasteiger partial charge in [0, 0.05) is 28.3 Å². The zero-order valence-corrected chi connectivity index (χ0v) is 12.9. The molecule has 0 aliphatic rings. The molecule has 0 radical (unpaired) electrons. The van der Waals surface area contributed by atoms with Crippen molar-refractivity contribution in [3.8, 4) is 5.75 Å². The highest BCUT2D eigenvalue weighted by Crippen LogP contribution is 2.33. The van der Waals surface area contributed by atoms with Crippen LogP contribution in [0.3, 0.4) is 0 Å². The van der Waals surface area contributed by atoms with Crippen LogP contribution in [-0.2, 0) is 6.42 Å². The Morgan fingerprint density at radius 2 is 1.95 bits per heavy atom. The van der Waals surface area contributed by atoms with Crippen LogP contribution >= 0.6 is 11.3 Å². The van der Waals surface area contributed by atoms with E-state index in [2.05, 4.69) is 41.8 Å². The predicted molar refractivity (Wildman–Crippen MR) is 90.1 cm³/mol. The van der Waals surface area contributed by atoms with E-state index in [1.807, 2.05) is 19.1 Å². The summed E-state index contributed by atoms with van der Waals surface area (Å²) in [5.74, 6) is 0.930. The number of hydrogen-bond donors (Lipinski definition) is 1. The second-order valence-corrected chi connectivity index (χ2v) is 6.20. The number of ether oxygens (including phenoxy) is 1. The third-order valence-corrected chi connectivity index (χ3v) is 4.51. The lowest BCUT2D eigenvalue weighted by molar-refractivity contribution is 0.322. The fourth-order valence-electron chi connectivity index (χ4n) is 2.49. The Labute approximate surface area is 129 Å². The second-order valence-electron chi connectivity index (χ2n) is 5.17. The lowest BCUT2D eigenvalue weighted by Gasteiger charge is -2.16. The molecule has 2 N–H and O–H groups in total. The molecule has 0 aliphatic carbocycles. The minimum absolute atomic E-state index is 0.0358. The van der Waals surface area contributed by atoms with Gasteiger partial charge in [-0.3, -0.25) is 0 Å². The molecule has 1 heterocycles. The van der Waals surface area contributed by atoms with Crippen molar-refractivity contribution in [2.45, 2.75) is 19.4 Å². The smallest absolute Gasteiger partial charge is 0.131 e. The summed E-state index contributed by atoms with van der Waals surface area (Å²) in [4.78, 5) is 1.34. The van der Waals surface area contributed by atoms with Gasteiger partial charge in [0.15, 0.2) is 0 Å². The van der Waals surface area contributed by atoms with E-state index in [9.17, 15) is 0 Å². The van der Waals surface area contributed by atoms with Crippen LogP contribution in [0, 0.1) is 0 Å². The van der Waals surface area contributed by atoms with E-state index in [0.29, 0.717) is 6.61 Å². The van der Waals surface area contributed by atoms with E-state index >= 15 is 0 Å². The quantitative estimate of drug-likeness (QED) is 0.750. The molecule has 0 bridgehead atoms. The van der Waals surface area contributed by atoms with Gasteiger partial charge in [-0.25, -0.2) is 0 Å². The first-order chi connectivity index (χ1) is 10.3. The number of nitrogens with two attached hydrogens (primary N) is 1. The minimum atomic E-state index is -0.0358. The molecule has 0 saturated heterocycles. The zero-order chi connectivity index (χ0) is 14.7. The van der Waals surface area contributed by atoms with Crippen molar-refractivity contribution < 1.29 is 4.74 Å². The highest BCUT2D eigenvalue weighted by molar-refractivity contribution is 7.09. The average molecular weight is 297 g/mol. The molecule has 21 heavy (non-hydrogen) atoms. The first-order valence-electron chi connectivity index (χ1n) is 7.18. The molecular weight excluding hydrogens is 278 g/mol. The third-order valence-electron chi connectivity index (χ3n) is 3.58. The summed E-state index contributed by atoms with van der Waals surface area (Å²) in [5, 5.41) is 4.42. The van der Waals surface area contributed by atoms with Crippen molar-refractivity contribution in [3.63, 3.8) is 0 Å². The highest BCUT2D eigenvalue weighted by atomic mass is 32.1. The number of rotatable bonds is 5. The van der Waals surface area contributed by atoms with E-state index in [-0.39, 0.29) is 6.04 Å². The van der Waals surface area contributed by atoms with Gasteiger partial charge in [0.1, 0.15) is 5.75 Å². The summed E-state index contributed by atoms with van der Waals surface area (Å²) >= 11 is 1.77. The Kier molecular flexibility index (Phi) is 4.23. The van der Waals surface area contributed by atoms with Crippen LogP contribution in [0.1, 0.15) is 23.4 Å². The summed E-state index contributed by atoms with van der Waals surface area (Å²) in [5.41, 5.74) is 7.16. The molecule has 3 heteroatoms. The van der Waals surface area contributed by atoms with Crippen molar-refractivity contribution >= 4 is 22.1 Å². The van der Waals surface area contributed by atoms with Crippen LogP contribution < -0.4 is 10.5 Å². The predicted octanol–water partition coefficient (Wildman–Crippen LogP) is 4.54. The molecule has 0 aliphatic heterocycles. The van der Waals surface area contributed by atoms with E-state index in [4.69, 9.17) is 10.5 Å². The lowest BCUT2D eigenvalue weighted by Crippen LogP contribution is -2.09. The molecule has 3 aromatic rings. The topological polar surface area (TPSA) is 35.2 Å². The van der Waals surface area contributed by atoms with Gasteiger partial charge in [-0.2, -0.15) is 0 Å². The minimum Gasteiger partial charge on any atom is -0.492 e. The van der Waals surface area contributed by atoms with Crippen LogP contribution in [0.4, 0.5) is 0 Å². The molecule has 108 valence electrons. The Morgan fingerprint density at radius 1 is 1.10 bits per heavy atom. The summed E-state index contributed by atoms with van der Waals surface area (Å²) in [6, 6.07) is 16.7. The fraction of sp³-hybridized carbons (Fsp3) is 0.222. The van der Waals surface area contributed by atoms with Gasteiger partial charge < -0.3 is 10.5 Å². The standard InChI is InChI=1S/C18H19NOS/c1-13(19)16-9-8-14-5-2-3-7-17(14)18(16)20-11-10-15-6-4-12-21-15/h2-9,12-13H,10-11,19H2,1H3/t13-/m1/s1. The van der Waals surface area contributed by atoms with Gasteiger partial charge in [-0.05, 0) is 23.8 Å².